The van der Waals surface area contributed by atoms with E-state index >= 15 is 0 Å². The van der Waals surface area contributed by atoms with Gasteiger partial charge in [0.05, 0.1) is 0 Å². The van der Waals surface area contributed by atoms with Crippen LogP contribution in [0.3, 0.4) is 0 Å². The Morgan fingerprint density at radius 3 is 2.38 bits per heavy atom. The van der Waals surface area contributed by atoms with E-state index < -0.39 is 0 Å². The van der Waals surface area contributed by atoms with E-state index in [1.54, 1.807) is 25.1 Å². The number of anilines is 1. The lowest BCUT2D eigenvalue weighted by molar-refractivity contribution is -0.128. The molecule has 0 aromatic heterocycles. The number of aryl methyl sites for hydroxylation is 2. The lowest BCUT2D eigenvalue weighted by Crippen LogP contribution is -2.34. The molecule has 6 heteroatoms. The van der Waals surface area contributed by atoms with E-state index in [0.29, 0.717) is 18.4 Å². The van der Waals surface area contributed by atoms with Crippen molar-refractivity contribution in [2.45, 2.75) is 19.8 Å². The summed E-state index contributed by atoms with van der Waals surface area (Å²) in [5.74, 6) is -0.141. The molecule has 0 aliphatic rings. The normalized spacial score (nSPS) is 10.1. The first-order chi connectivity index (χ1) is 12.3. The Kier molecular flexibility index (Phi) is 6.86. The molecule has 0 aliphatic carbocycles. The molecule has 0 radical (unpaired) electrons. The Morgan fingerprint density at radius 1 is 1.08 bits per heavy atom. The van der Waals surface area contributed by atoms with Gasteiger partial charge in [-0.1, -0.05) is 29.8 Å². The van der Waals surface area contributed by atoms with Crippen molar-refractivity contribution in [3.05, 3.63) is 65.2 Å². The monoisotopic (exact) mass is 369 g/mol. The molecule has 0 saturated carbocycles. The Bertz CT molecular complexity index is 801. The summed E-state index contributed by atoms with van der Waals surface area (Å²) < 4.78 is 0. The molecule has 2 rings (SSSR count). The van der Waals surface area contributed by atoms with Gasteiger partial charge >= 0.3 is 0 Å². The second-order valence-corrected chi connectivity index (χ2v) is 6.67. The van der Waals surface area contributed by atoms with E-state index in [2.05, 4.69) is 10.6 Å². The summed E-state index contributed by atoms with van der Waals surface area (Å²) in [4.78, 5) is 25.4. The minimum atomic E-state index is -0.245. The van der Waals surface area contributed by atoms with Crippen LogP contribution in [0.1, 0.15) is 27.9 Å². The number of thiocarbonyl (C=S) groups is 1. The van der Waals surface area contributed by atoms with Crippen LogP contribution in [0.5, 0.6) is 0 Å². The predicted molar refractivity (Wildman–Crippen MR) is 108 cm³/mol. The standard InChI is InChI=1S/C20H23N3O2S/c1-14-5-4-6-16(13-14)19(25)22-20(26)21-17-10-7-15(8-11-17)9-12-18(24)23(2)3/h4-8,10-11,13H,9,12H2,1-3H3,(H2,21,22,25,26). The molecule has 5 nitrogen and oxygen atoms in total. The average molecular weight is 369 g/mol. The number of carbonyl (C=O) groups is 2. The first-order valence-corrected chi connectivity index (χ1v) is 8.74. The molecule has 0 bridgehead atoms. The predicted octanol–water partition coefficient (Wildman–Crippen LogP) is 3.14. The smallest absolute Gasteiger partial charge is 0.257 e. The van der Waals surface area contributed by atoms with Gasteiger partial charge in [0.15, 0.2) is 5.11 Å². The summed E-state index contributed by atoms with van der Waals surface area (Å²) in [7, 11) is 3.50. The molecule has 0 spiro atoms. The highest BCUT2D eigenvalue weighted by atomic mass is 32.1. The van der Waals surface area contributed by atoms with Crippen molar-refractivity contribution >= 4 is 34.8 Å². The highest BCUT2D eigenvalue weighted by Gasteiger charge is 2.08. The van der Waals surface area contributed by atoms with Crippen LogP contribution < -0.4 is 10.6 Å². The van der Waals surface area contributed by atoms with E-state index in [0.717, 1.165) is 16.8 Å². The van der Waals surface area contributed by atoms with Crippen molar-refractivity contribution in [3.63, 3.8) is 0 Å². The van der Waals surface area contributed by atoms with E-state index in [1.807, 2.05) is 49.4 Å². The number of amides is 2. The second-order valence-electron chi connectivity index (χ2n) is 6.26. The van der Waals surface area contributed by atoms with Crippen LogP contribution in [0.25, 0.3) is 0 Å². The number of rotatable bonds is 5. The molecular weight excluding hydrogens is 346 g/mol. The summed E-state index contributed by atoms with van der Waals surface area (Å²) in [6.45, 7) is 1.93. The fourth-order valence-electron chi connectivity index (χ4n) is 2.35. The van der Waals surface area contributed by atoms with Gasteiger partial charge in [0, 0.05) is 31.8 Å². The van der Waals surface area contributed by atoms with Gasteiger partial charge in [0.1, 0.15) is 0 Å². The van der Waals surface area contributed by atoms with E-state index in [4.69, 9.17) is 12.2 Å². The van der Waals surface area contributed by atoms with E-state index in [-0.39, 0.29) is 16.9 Å². The van der Waals surface area contributed by atoms with Crippen LogP contribution in [0, 0.1) is 6.92 Å². The molecule has 0 atom stereocenters. The van der Waals surface area contributed by atoms with Crippen molar-refractivity contribution in [2.75, 3.05) is 19.4 Å². The quantitative estimate of drug-likeness (QED) is 0.795. The van der Waals surface area contributed by atoms with Crippen molar-refractivity contribution < 1.29 is 9.59 Å². The molecule has 0 fully saturated rings. The molecule has 2 aromatic rings. The zero-order valence-electron chi connectivity index (χ0n) is 15.2. The topological polar surface area (TPSA) is 61.4 Å². The van der Waals surface area contributed by atoms with Crippen molar-refractivity contribution in [1.82, 2.24) is 10.2 Å². The molecular formula is C20H23N3O2S. The van der Waals surface area contributed by atoms with Crippen LogP contribution in [0.2, 0.25) is 0 Å². The Morgan fingerprint density at radius 2 is 1.77 bits per heavy atom. The van der Waals surface area contributed by atoms with Gasteiger partial charge in [0.2, 0.25) is 5.91 Å². The molecule has 26 heavy (non-hydrogen) atoms. The Balaban J connectivity index is 1.87. The lowest BCUT2D eigenvalue weighted by atomic mass is 10.1. The third-order valence-corrected chi connectivity index (χ3v) is 4.05. The fourth-order valence-corrected chi connectivity index (χ4v) is 2.56. The van der Waals surface area contributed by atoms with Crippen molar-refractivity contribution in [3.8, 4) is 0 Å². The maximum Gasteiger partial charge on any atom is 0.257 e. The second kappa shape index (κ2) is 9.10. The van der Waals surface area contributed by atoms with Gasteiger partial charge in [-0.25, -0.2) is 0 Å². The van der Waals surface area contributed by atoms with Gasteiger partial charge in [-0.15, -0.1) is 0 Å². The van der Waals surface area contributed by atoms with Crippen molar-refractivity contribution in [2.24, 2.45) is 0 Å². The third kappa shape index (κ3) is 5.97. The first kappa shape index (κ1) is 19.6. The molecule has 2 amide bonds. The Labute approximate surface area is 159 Å². The SMILES string of the molecule is Cc1cccc(C(=O)NC(=S)Nc2ccc(CCC(=O)N(C)C)cc2)c1. The lowest BCUT2D eigenvalue weighted by Gasteiger charge is -2.11. The molecule has 0 heterocycles. The van der Waals surface area contributed by atoms with Crippen LogP contribution in [0.15, 0.2) is 48.5 Å². The zero-order chi connectivity index (χ0) is 19.1. The number of nitrogens with one attached hydrogen (secondary N) is 2. The van der Waals surface area contributed by atoms with Gasteiger partial charge in [0.25, 0.3) is 5.91 Å². The van der Waals surface area contributed by atoms with Crippen LogP contribution in [0.4, 0.5) is 5.69 Å². The molecule has 136 valence electrons. The highest BCUT2D eigenvalue weighted by molar-refractivity contribution is 7.80. The third-order valence-electron chi connectivity index (χ3n) is 3.85. The maximum atomic E-state index is 12.2. The minimum absolute atomic E-state index is 0.104. The fraction of sp³-hybridized carbons (Fsp3) is 0.250. The maximum absolute atomic E-state index is 12.2. The molecule has 0 unspecified atom stereocenters. The molecule has 2 N–H and O–H groups in total. The van der Waals surface area contributed by atoms with E-state index in [1.165, 1.54) is 0 Å². The van der Waals surface area contributed by atoms with Gasteiger partial charge in [-0.3, -0.25) is 14.9 Å². The minimum Gasteiger partial charge on any atom is -0.349 e. The highest BCUT2D eigenvalue weighted by Crippen LogP contribution is 2.12. The summed E-state index contributed by atoms with van der Waals surface area (Å²) >= 11 is 5.20. The summed E-state index contributed by atoms with van der Waals surface area (Å²) in [6.07, 6.45) is 1.16. The Hall–Kier alpha value is -2.73. The van der Waals surface area contributed by atoms with Gasteiger partial charge in [-0.2, -0.15) is 0 Å². The zero-order valence-corrected chi connectivity index (χ0v) is 16.0. The van der Waals surface area contributed by atoms with Crippen molar-refractivity contribution in [1.29, 1.82) is 0 Å². The van der Waals surface area contributed by atoms with Gasteiger partial charge < -0.3 is 10.2 Å². The number of carbonyl (C=O) groups excluding carboxylic acids is 2. The molecule has 2 aromatic carbocycles. The summed E-state index contributed by atoms with van der Waals surface area (Å²) in [6, 6.07) is 15.0. The summed E-state index contributed by atoms with van der Waals surface area (Å²) in [5.41, 5.74) is 3.43. The van der Waals surface area contributed by atoms with Gasteiger partial charge in [-0.05, 0) is 55.4 Å². The summed E-state index contributed by atoms with van der Waals surface area (Å²) in [5, 5.41) is 5.90. The van der Waals surface area contributed by atoms with Crippen LogP contribution in [-0.4, -0.2) is 35.9 Å². The molecule has 0 saturated heterocycles. The van der Waals surface area contributed by atoms with Crippen LogP contribution >= 0.6 is 12.2 Å². The number of hydrogen-bond acceptors (Lipinski definition) is 3. The number of nitrogens with zero attached hydrogens (tertiary/aromatic N) is 1. The van der Waals surface area contributed by atoms with E-state index in [9.17, 15) is 9.59 Å². The first-order valence-electron chi connectivity index (χ1n) is 8.33. The average Bonchev–Trinajstić information content (AvgIpc) is 2.60. The molecule has 0 aliphatic heterocycles. The number of benzene rings is 2. The van der Waals surface area contributed by atoms with Crippen LogP contribution in [-0.2, 0) is 11.2 Å². The number of hydrogen-bond donors (Lipinski definition) is 2. The largest absolute Gasteiger partial charge is 0.349 e.